The minimum atomic E-state index is -1.01. The zero-order chi connectivity index (χ0) is 29.1. The van der Waals surface area contributed by atoms with Crippen LogP contribution in [0.25, 0.3) is 11.0 Å². The van der Waals surface area contributed by atoms with Crippen molar-refractivity contribution >= 4 is 28.5 Å². The Morgan fingerprint density at radius 3 is 2.55 bits per heavy atom. The van der Waals surface area contributed by atoms with Crippen molar-refractivity contribution in [1.29, 1.82) is 0 Å². The number of carbonyl (C=O) groups is 2. The molecule has 2 heterocycles. The zero-order valence-corrected chi connectivity index (χ0v) is 23.2. The van der Waals surface area contributed by atoms with E-state index in [-0.39, 0.29) is 31.7 Å². The molecule has 1 aliphatic heterocycles. The normalized spacial score (nSPS) is 12.6. The Bertz CT molecular complexity index is 1750. The summed E-state index contributed by atoms with van der Waals surface area (Å²) in [7, 11) is 1.58. The molecule has 10 nitrogen and oxygen atoms in total. The van der Waals surface area contributed by atoms with Gasteiger partial charge in [-0.25, -0.2) is 4.68 Å². The highest BCUT2D eigenvalue weighted by Crippen LogP contribution is 2.37. The average Bonchev–Trinajstić information content (AvgIpc) is 3.65. The lowest BCUT2D eigenvalue weighted by Crippen LogP contribution is -2.42. The molecule has 1 atom stereocenters. The smallest absolute Gasteiger partial charge is 0.251 e. The van der Waals surface area contributed by atoms with Gasteiger partial charge in [0.15, 0.2) is 11.5 Å². The minimum absolute atomic E-state index is 0.0900. The summed E-state index contributed by atoms with van der Waals surface area (Å²) < 4.78 is 18.0. The first-order valence-electron chi connectivity index (χ1n) is 13.5. The highest BCUT2D eigenvalue weighted by molar-refractivity contribution is 5.98. The summed E-state index contributed by atoms with van der Waals surface area (Å²) in [5, 5.41) is 11.4. The molecular weight excluding hydrogens is 534 g/mol. The zero-order valence-electron chi connectivity index (χ0n) is 23.2. The topological polar surface area (TPSA) is 108 Å². The fourth-order valence-electron chi connectivity index (χ4n) is 4.99. The molecule has 1 N–H and O–H groups in total. The monoisotopic (exact) mass is 563 g/mol. The number of anilines is 1. The van der Waals surface area contributed by atoms with Gasteiger partial charge in [0.2, 0.25) is 12.7 Å². The van der Waals surface area contributed by atoms with Gasteiger partial charge in [0.1, 0.15) is 23.9 Å². The van der Waals surface area contributed by atoms with Crippen LogP contribution >= 0.6 is 0 Å². The van der Waals surface area contributed by atoms with Crippen LogP contribution in [0.2, 0.25) is 0 Å². The molecule has 0 saturated heterocycles. The predicted molar refractivity (Wildman–Crippen MR) is 156 cm³/mol. The summed E-state index contributed by atoms with van der Waals surface area (Å²) in [4.78, 5) is 30.0. The van der Waals surface area contributed by atoms with Crippen LogP contribution in [0, 0.1) is 6.92 Å². The molecule has 6 rings (SSSR count). The van der Waals surface area contributed by atoms with E-state index in [0.717, 1.165) is 16.6 Å². The molecule has 0 bridgehead atoms. The number of para-hydroxylation sites is 1. The van der Waals surface area contributed by atoms with Gasteiger partial charge < -0.3 is 24.4 Å². The molecule has 2 amide bonds. The van der Waals surface area contributed by atoms with Crippen LogP contribution in [0.1, 0.15) is 22.7 Å². The predicted octanol–water partition coefficient (Wildman–Crippen LogP) is 4.89. The second-order valence-electron chi connectivity index (χ2n) is 9.92. The van der Waals surface area contributed by atoms with Gasteiger partial charge in [0.25, 0.3) is 5.91 Å². The van der Waals surface area contributed by atoms with Crippen molar-refractivity contribution in [3.63, 3.8) is 0 Å². The van der Waals surface area contributed by atoms with Crippen LogP contribution in [-0.2, 0) is 22.7 Å². The van der Waals surface area contributed by atoms with E-state index in [4.69, 9.17) is 14.2 Å². The van der Waals surface area contributed by atoms with E-state index in [0.29, 0.717) is 34.0 Å². The molecule has 0 spiro atoms. The van der Waals surface area contributed by atoms with Gasteiger partial charge >= 0.3 is 0 Å². The number of hydrogen-bond acceptors (Lipinski definition) is 7. The second-order valence-corrected chi connectivity index (χ2v) is 9.92. The Labute approximate surface area is 242 Å². The number of amides is 2. The molecular formula is C32H29N5O5. The number of methoxy groups -OCH3 is 1. The maximum absolute atomic E-state index is 14.2. The lowest BCUT2D eigenvalue weighted by atomic mass is 10.0. The molecule has 10 heteroatoms. The summed E-state index contributed by atoms with van der Waals surface area (Å²) in [5.74, 6) is 1.07. The van der Waals surface area contributed by atoms with Gasteiger partial charge in [0, 0.05) is 12.2 Å². The molecule has 4 aromatic carbocycles. The van der Waals surface area contributed by atoms with E-state index in [2.05, 4.69) is 15.6 Å². The van der Waals surface area contributed by atoms with E-state index in [1.807, 2.05) is 55.5 Å². The molecule has 5 aromatic rings. The van der Waals surface area contributed by atoms with Gasteiger partial charge in [-0.1, -0.05) is 47.7 Å². The first kappa shape index (κ1) is 26.8. The van der Waals surface area contributed by atoms with Crippen LogP contribution in [0.4, 0.5) is 5.69 Å². The van der Waals surface area contributed by atoms with Crippen molar-refractivity contribution < 1.29 is 23.8 Å². The van der Waals surface area contributed by atoms with Gasteiger partial charge in [-0.15, -0.1) is 5.10 Å². The molecule has 0 radical (unpaired) electrons. The molecule has 0 saturated carbocycles. The number of nitrogens with zero attached hydrogens (tertiary/aromatic N) is 4. The largest absolute Gasteiger partial charge is 0.497 e. The maximum Gasteiger partial charge on any atom is 0.251 e. The Kier molecular flexibility index (Phi) is 7.42. The molecule has 212 valence electrons. The summed E-state index contributed by atoms with van der Waals surface area (Å²) in [6, 6.07) is 26.6. The van der Waals surface area contributed by atoms with E-state index in [9.17, 15) is 9.59 Å². The van der Waals surface area contributed by atoms with Crippen molar-refractivity contribution in [3.8, 4) is 17.2 Å². The minimum Gasteiger partial charge on any atom is -0.497 e. The third-order valence-corrected chi connectivity index (χ3v) is 7.26. The number of nitrogens with one attached hydrogen (secondary N) is 1. The molecule has 0 unspecified atom stereocenters. The fourth-order valence-corrected chi connectivity index (χ4v) is 4.99. The molecule has 1 aromatic heterocycles. The Morgan fingerprint density at radius 1 is 0.976 bits per heavy atom. The number of benzene rings is 4. The van der Waals surface area contributed by atoms with Crippen LogP contribution in [0.15, 0.2) is 91.0 Å². The fraction of sp³-hybridized carbons (Fsp3) is 0.188. The molecule has 0 fully saturated rings. The van der Waals surface area contributed by atoms with Gasteiger partial charge in [0.05, 0.1) is 12.6 Å². The third kappa shape index (κ3) is 5.46. The van der Waals surface area contributed by atoms with Crippen LogP contribution in [-0.4, -0.2) is 45.6 Å². The number of hydrogen-bond donors (Lipinski definition) is 1. The van der Waals surface area contributed by atoms with Gasteiger partial charge in [-0.2, -0.15) is 0 Å². The SMILES string of the molecule is COc1ccc(NC(=O)[C@@H](c2ccc3c(c2)OCO3)N(Cc2ccccc2C)C(=O)Cn2nnc3ccccc32)cc1. The quantitative estimate of drug-likeness (QED) is 0.272. The summed E-state index contributed by atoms with van der Waals surface area (Å²) >= 11 is 0. The maximum atomic E-state index is 14.2. The molecule has 0 aliphatic carbocycles. The summed E-state index contributed by atoms with van der Waals surface area (Å²) in [6.07, 6.45) is 0. The van der Waals surface area contributed by atoms with E-state index < -0.39 is 6.04 Å². The number of aromatic nitrogens is 3. The number of fused-ring (bicyclic) bond motifs is 2. The van der Waals surface area contributed by atoms with E-state index in [1.165, 1.54) is 0 Å². The summed E-state index contributed by atoms with van der Waals surface area (Å²) in [6.45, 7) is 2.15. The lowest BCUT2D eigenvalue weighted by molar-refractivity contribution is -0.140. The van der Waals surface area contributed by atoms with Crippen molar-refractivity contribution in [1.82, 2.24) is 19.9 Å². The lowest BCUT2D eigenvalue weighted by Gasteiger charge is -2.32. The number of ether oxygens (including phenoxy) is 3. The standard InChI is InChI=1S/C32H29N5O5/c1-21-7-3-4-8-23(21)18-36(30(38)19-37-27-10-6-5-9-26(27)34-35-37)31(22-11-16-28-29(17-22)42-20-41-28)32(39)33-24-12-14-25(40-2)15-13-24/h3-17,31H,18-20H2,1-2H3,(H,33,39)/t31-/m1/s1. The van der Waals surface area contributed by atoms with E-state index >= 15 is 0 Å². The Hall–Kier alpha value is -5.38. The third-order valence-electron chi connectivity index (χ3n) is 7.26. The van der Waals surface area contributed by atoms with Crippen molar-refractivity contribution in [2.24, 2.45) is 0 Å². The first-order valence-corrected chi connectivity index (χ1v) is 13.5. The van der Waals surface area contributed by atoms with Crippen molar-refractivity contribution in [3.05, 3.63) is 108 Å². The average molecular weight is 564 g/mol. The van der Waals surface area contributed by atoms with Gasteiger partial charge in [-0.05, 0) is 72.1 Å². The first-order chi connectivity index (χ1) is 20.5. The number of rotatable bonds is 9. The highest BCUT2D eigenvalue weighted by Gasteiger charge is 2.34. The van der Waals surface area contributed by atoms with E-state index in [1.54, 1.807) is 59.2 Å². The second kappa shape index (κ2) is 11.6. The summed E-state index contributed by atoms with van der Waals surface area (Å²) in [5.41, 5.74) is 4.47. The number of aryl methyl sites for hydroxylation is 1. The number of carbonyl (C=O) groups excluding carboxylic acids is 2. The van der Waals surface area contributed by atoms with Crippen molar-refractivity contribution in [2.45, 2.75) is 26.1 Å². The van der Waals surface area contributed by atoms with Gasteiger partial charge in [-0.3, -0.25) is 9.59 Å². The highest BCUT2D eigenvalue weighted by atomic mass is 16.7. The molecule has 42 heavy (non-hydrogen) atoms. The van der Waals surface area contributed by atoms with Crippen LogP contribution in [0.5, 0.6) is 17.2 Å². The van der Waals surface area contributed by atoms with Crippen LogP contribution < -0.4 is 19.5 Å². The van der Waals surface area contributed by atoms with Crippen LogP contribution in [0.3, 0.4) is 0 Å². The van der Waals surface area contributed by atoms with Crippen molar-refractivity contribution in [2.75, 3.05) is 19.2 Å². The molecule has 1 aliphatic rings. The Balaban J connectivity index is 1.41. The Morgan fingerprint density at radius 2 is 1.74 bits per heavy atom.